The number of hydrogen-bond donors (Lipinski definition) is 2. The van der Waals surface area contributed by atoms with Crippen molar-refractivity contribution < 1.29 is 37.6 Å². The smallest absolute Gasteiger partial charge is 0.462 e. The van der Waals surface area contributed by atoms with E-state index in [1.807, 2.05) is 0 Å². The van der Waals surface area contributed by atoms with Crippen molar-refractivity contribution in [2.45, 2.75) is 367 Å². The molecule has 0 fully saturated rings. The Balaban J connectivity index is 3.82. The first-order chi connectivity index (χ1) is 49.8. The van der Waals surface area contributed by atoms with Gasteiger partial charge in [-0.2, -0.15) is 0 Å². The second kappa shape index (κ2) is 84.3. The lowest BCUT2D eigenvalue weighted by atomic mass is 10.0. The first-order valence-electron chi connectivity index (χ1n) is 41.6. The maximum absolute atomic E-state index is 12.8. The number of nitrogens with two attached hydrogens (primary N) is 1. The monoisotopic (exact) mass is 1420 g/mol. The number of hydrogen-bond acceptors (Lipinski definition) is 8. The van der Waals surface area contributed by atoms with Crippen molar-refractivity contribution in [3.8, 4) is 0 Å². The van der Waals surface area contributed by atoms with E-state index in [1.165, 1.54) is 199 Å². The van der Waals surface area contributed by atoms with Crippen LogP contribution in [0.1, 0.15) is 361 Å². The predicted octanol–water partition coefficient (Wildman–Crippen LogP) is 28.4. The molecule has 2 atom stereocenters. The van der Waals surface area contributed by atoms with Gasteiger partial charge >= 0.3 is 19.8 Å². The second-order valence-electron chi connectivity index (χ2n) is 27.2. The lowest BCUT2D eigenvalue weighted by Crippen LogP contribution is -2.29. The summed E-state index contributed by atoms with van der Waals surface area (Å²) >= 11 is 0. The molecule has 0 heterocycles. The van der Waals surface area contributed by atoms with Crippen LogP contribution in [0.2, 0.25) is 0 Å². The van der Waals surface area contributed by atoms with E-state index < -0.39 is 26.5 Å². The minimum absolute atomic E-state index is 0.0495. The van der Waals surface area contributed by atoms with Crippen molar-refractivity contribution >= 4 is 19.8 Å². The highest BCUT2D eigenvalue weighted by Gasteiger charge is 2.26. The molecule has 0 spiro atoms. The highest BCUT2D eigenvalue weighted by atomic mass is 31.2. The van der Waals surface area contributed by atoms with Gasteiger partial charge in [0.05, 0.1) is 13.2 Å². The Morgan fingerprint density at radius 2 is 0.515 bits per heavy atom. The van der Waals surface area contributed by atoms with Gasteiger partial charge in [0.1, 0.15) is 6.61 Å². The van der Waals surface area contributed by atoms with E-state index in [0.717, 1.165) is 128 Å². The number of carbonyl (C=O) groups excluding carboxylic acids is 2. The molecule has 10 heteroatoms. The van der Waals surface area contributed by atoms with Crippen molar-refractivity contribution in [2.24, 2.45) is 5.73 Å². The molecule has 0 aromatic carbocycles. The molecule has 0 saturated carbocycles. The molecule has 0 aliphatic rings. The van der Waals surface area contributed by atoms with Crippen LogP contribution in [0, 0.1) is 0 Å². The molecule has 0 aromatic heterocycles. The molecule has 0 aliphatic heterocycles. The summed E-state index contributed by atoms with van der Waals surface area (Å²) in [6.45, 7) is 3.55. The summed E-state index contributed by atoms with van der Waals surface area (Å²) in [6.07, 6.45) is 125. The van der Waals surface area contributed by atoms with Gasteiger partial charge in [0.15, 0.2) is 6.10 Å². The van der Waals surface area contributed by atoms with Crippen LogP contribution in [0.25, 0.3) is 0 Å². The number of unbranched alkanes of at least 4 members (excludes halogenated alkanes) is 36. The molecule has 0 rings (SSSR count). The Labute approximate surface area is 622 Å². The Morgan fingerprint density at radius 3 is 0.762 bits per heavy atom. The molecule has 0 saturated heterocycles. The van der Waals surface area contributed by atoms with E-state index in [-0.39, 0.29) is 38.6 Å². The lowest BCUT2D eigenvalue weighted by Gasteiger charge is -2.19. The van der Waals surface area contributed by atoms with Gasteiger partial charge in [0, 0.05) is 19.4 Å². The van der Waals surface area contributed by atoms with Crippen LogP contribution in [0.4, 0.5) is 0 Å². The Bertz CT molecular complexity index is 2280. The van der Waals surface area contributed by atoms with E-state index >= 15 is 0 Å². The zero-order chi connectivity index (χ0) is 72.9. The van der Waals surface area contributed by atoms with E-state index in [0.29, 0.717) is 6.42 Å². The van der Waals surface area contributed by atoms with E-state index in [1.54, 1.807) is 0 Å². The first-order valence-corrected chi connectivity index (χ1v) is 43.1. The molecular weight excluding hydrogens is 1270 g/mol. The quantitative estimate of drug-likeness (QED) is 0.0264. The zero-order valence-electron chi connectivity index (χ0n) is 65.1. The van der Waals surface area contributed by atoms with Crippen LogP contribution < -0.4 is 5.73 Å². The average Bonchev–Trinajstić information content (AvgIpc) is 1.04. The number of allylic oxidation sites excluding steroid dienone is 28. The van der Waals surface area contributed by atoms with Gasteiger partial charge in [-0.15, -0.1) is 0 Å². The van der Waals surface area contributed by atoms with Gasteiger partial charge in [-0.3, -0.25) is 18.6 Å². The van der Waals surface area contributed by atoms with Crippen molar-refractivity contribution in [3.05, 3.63) is 170 Å². The van der Waals surface area contributed by atoms with Gasteiger partial charge in [0.25, 0.3) is 0 Å². The minimum Gasteiger partial charge on any atom is -0.462 e. The molecule has 101 heavy (non-hydrogen) atoms. The molecule has 9 nitrogen and oxygen atoms in total. The van der Waals surface area contributed by atoms with E-state index in [9.17, 15) is 19.0 Å². The number of ether oxygens (including phenoxy) is 2. The van der Waals surface area contributed by atoms with Crippen LogP contribution in [0.15, 0.2) is 170 Å². The highest BCUT2D eigenvalue weighted by Crippen LogP contribution is 2.43. The fraction of sp³-hybridized carbons (Fsp3) is 0.670. The second-order valence-corrected chi connectivity index (χ2v) is 28.7. The third kappa shape index (κ3) is 84.2. The maximum atomic E-state index is 12.8. The normalized spacial score (nSPS) is 13.7. The van der Waals surface area contributed by atoms with Gasteiger partial charge in [-0.05, 0) is 128 Å². The number of phosphoric ester groups is 1. The predicted molar refractivity (Wildman–Crippen MR) is 440 cm³/mol. The molecule has 2 unspecified atom stereocenters. The summed E-state index contributed by atoms with van der Waals surface area (Å²) < 4.78 is 33.3. The summed E-state index contributed by atoms with van der Waals surface area (Å²) in [6, 6.07) is 0. The van der Waals surface area contributed by atoms with Crippen LogP contribution >= 0.6 is 7.82 Å². The first kappa shape index (κ1) is 96.4. The maximum Gasteiger partial charge on any atom is 0.472 e. The van der Waals surface area contributed by atoms with E-state index in [2.05, 4.69) is 184 Å². The topological polar surface area (TPSA) is 134 Å². The number of esters is 2. The zero-order valence-corrected chi connectivity index (χ0v) is 66.0. The minimum atomic E-state index is -4.40. The van der Waals surface area contributed by atoms with Gasteiger partial charge in [-0.25, -0.2) is 4.57 Å². The average molecular weight is 1420 g/mol. The summed E-state index contributed by atoms with van der Waals surface area (Å²) in [7, 11) is -4.40. The highest BCUT2D eigenvalue weighted by molar-refractivity contribution is 7.47. The van der Waals surface area contributed by atoms with Crippen LogP contribution in [-0.2, 0) is 32.7 Å². The van der Waals surface area contributed by atoms with E-state index in [4.69, 9.17) is 24.3 Å². The summed E-state index contributed by atoms with van der Waals surface area (Å²) in [5, 5.41) is 0. The molecule has 3 N–H and O–H groups in total. The van der Waals surface area contributed by atoms with Crippen molar-refractivity contribution in [2.75, 3.05) is 26.4 Å². The molecule has 0 amide bonds. The summed E-state index contributed by atoms with van der Waals surface area (Å²) in [5.74, 6) is -0.819. The van der Waals surface area contributed by atoms with Gasteiger partial charge in [-0.1, -0.05) is 389 Å². The molecule has 0 aromatic rings. The Morgan fingerprint density at radius 1 is 0.297 bits per heavy atom. The van der Waals surface area contributed by atoms with Crippen molar-refractivity contribution in [3.63, 3.8) is 0 Å². The Hall–Kier alpha value is -4.63. The molecule has 0 radical (unpaired) electrons. The van der Waals surface area contributed by atoms with Crippen LogP contribution in [-0.4, -0.2) is 49.3 Å². The summed E-state index contributed by atoms with van der Waals surface area (Å²) in [5.41, 5.74) is 5.42. The number of phosphoric acid groups is 1. The van der Waals surface area contributed by atoms with Crippen molar-refractivity contribution in [1.82, 2.24) is 0 Å². The molecule has 576 valence electrons. The molecular formula is C91H154NO8P. The molecule has 0 aliphatic carbocycles. The van der Waals surface area contributed by atoms with Crippen LogP contribution in [0.3, 0.4) is 0 Å². The standard InChI is InChI=1S/C91H154NO8P/c1-3-5-7-9-11-13-15-17-19-21-23-25-27-29-31-33-35-37-39-41-43-44-46-48-50-52-54-56-58-60-62-64-66-68-70-72-74-76-78-80-82-84-91(94)100-89(88-99-101(95,96)98-86-85-92)87-97-90(93)83-81-79-77-75-73-71-69-67-65-63-61-59-57-55-53-51-49-47-45-42-40-38-36-34-32-30-28-26-24-22-20-18-16-14-12-10-8-6-4-2/h5-8,11-14,17-20,23-26,29-32,35-38,41,43,46,48,89H,3-4,9-10,15-16,21-22,27-28,33-34,39-40,42,44-45,47,49-88,92H2,1-2H3,(H,95,96)/b7-5-,8-6-,13-11-,14-12-,19-17-,20-18-,25-23-,26-24-,31-29-,32-30-,37-35-,38-36-,43-41-,48-46-. The third-order valence-corrected chi connectivity index (χ3v) is 18.6. The van der Waals surface area contributed by atoms with Gasteiger partial charge in [0.2, 0.25) is 0 Å². The van der Waals surface area contributed by atoms with Crippen LogP contribution in [0.5, 0.6) is 0 Å². The summed E-state index contributed by atoms with van der Waals surface area (Å²) in [4.78, 5) is 35.5. The largest absolute Gasteiger partial charge is 0.472 e. The SMILES string of the molecule is CC/C=C\C/C=C\C/C=C\C/C=C\C/C=C\C/C=C\C/C=C\C/C=C\CCCCCCCCCCCCCCCCCCC(=O)OC(COC(=O)CCCCCCCCCCCCCCCCCCCCCC/C=C\C/C=C\C/C=C\C/C=C\C/C=C\C/C=C\CC)COP(=O)(O)OCCN. The van der Waals surface area contributed by atoms with Crippen molar-refractivity contribution in [1.29, 1.82) is 0 Å². The third-order valence-electron chi connectivity index (χ3n) is 17.6. The van der Waals surface area contributed by atoms with Gasteiger partial charge < -0.3 is 20.1 Å². The lowest BCUT2D eigenvalue weighted by molar-refractivity contribution is -0.161. The Kier molecular flexibility index (Phi) is 80.4. The number of rotatable bonds is 77. The fourth-order valence-corrected chi connectivity index (χ4v) is 12.3. The number of carbonyl (C=O) groups is 2. The molecule has 0 bridgehead atoms. The fourth-order valence-electron chi connectivity index (χ4n) is 11.5.